The average Bonchev–Trinajstić information content (AvgIpc) is 3.30. The molecule has 1 unspecified atom stereocenters. The summed E-state index contributed by atoms with van der Waals surface area (Å²) >= 11 is 0. The van der Waals surface area contributed by atoms with E-state index in [4.69, 9.17) is 5.26 Å². The Labute approximate surface area is 114 Å². The first-order valence-corrected chi connectivity index (χ1v) is 7.23. The molecule has 1 atom stereocenters. The van der Waals surface area contributed by atoms with Crippen LogP contribution in [0.4, 0.5) is 5.69 Å². The SMILES string of the molecule is N#Cc1cc(N(CC2CCCCN2)C2CC2)ccn1. The molecule has 3 rings (SSSR count). The van der Waals surface area contributed by atoms with Crippen molar-refractivity contribution in [2.75, 3.05) is 18.0 Å². The van der Waals surface area contributed by atoms with E-state index >= 15 is 0 Å². The zero-order chi connectivity index (χ0) is 13.1. The predicted molar refractivity (Wildman–Crippen MR) is 75.0 cm³/mol. The van der Waals surface area contributed by atoms with Gasteiger partial charge in [-0.3, -0.25) is 0 Å². The van der Waals surface area contributed by atoms with E-state index in [0.717, 1.165) is 18.8 Å². The van der Waals surface area contributed by atoms with Gasteiger partial charge in [0.05, 0.1) is 0 Å². The van der Waals surface area contributed by atoms with Crippen molar-refractivity contribution in [2.24, 2.45) is 0 Å². The van der Waals surface area contributed by atoms with Crippen LogP contribution in [0.1, 0.15) is 37.8 Å². The van der Waals surface area contributed by atoms with Gasteiger partial charge in [-0.25, -0.2) is 4.98 Å². The van der Waals surface area contributed by atoms with Gasteiger partial charge in [0, 0.05) is 30.5 Å². The van der Waals surface area contributed by atoms with Gasteiger partial charge in [0.1, 0.15) is 11.8 Å². The van der Waals surface area contributed by atoms with Crippen LogP contribution in [0, 0.1) is 11.3 Å². The molecule has 1 aliphatic carbocycles. The van der Waals surface area contributed by atoms with Crippen LogP contribution < -0.4 is 10.2 Å². The Morgan fingerprint density at radius 1 is 1.37 bits per heavy atom. The third-order valence-corrected chi connectivity index (χ3v) is 4.01. The molecule has 0 bridgehead atoms. The maximum absolute atomic E-state index is 8.98. The van der Waals surface area contributed by atoms with Crippen LogP contribution in [0.25, 0.3) is 0 Å². The van der Waals surface area contributed by atoms with E-state index in [9.17, 15) is 0 Å². The number of aromatic nitrogens is 1. The fourth-order valence-corrected chi connectivity index (χ4v) is 2.83. The molecule has 19 heavy (non-hydrogen) atoms. The van der Waals surface area contributed by atoms with Gasteiger partial charge in [-0.15, -0.1) is 0 Å². The Morgan fingerprint density at radius 3 is 2.95 bits per heavy atom. The second-order valence-corrected chi connectivity index (χ2v) is 5.54. The summed E-state index contributed by atoms with van der Waals surface area (Å²) in [5.41, 5.74) is 1.67. The smallest absolute Gasteiger partial charge is 0.142 e. The molecule has 2 aliphatic rings. The summed E-state index contributed by atoms with van der Waals surface area (Å²) in [5, 5.41) is 12.6. The second-order valence-electron chi connectivity index (χ2n) is 5.54. The van der Waals surface area contributed by atoms with Crippen molar-refractivity contribution in [1.82, 2.24) is 10.3 Å². The molecule has 1 saturated carbocycles. The molecule has 1 saturated heterocycles. The van der Waals surface area contributed by atoms with Crippen LogP contribution in [-0.2, 0) is 0 Å². The zero-order valence-corrected chi connectivity index (χ0v) is 11.2. The van der Waals surface area contributed by atoms with Crippen LogP contribution in [0.2, 0.25) is 0 Å². The Bertz CT molecular complexity index is 469. The van der Waals surface area contributed by atoms with Crippen LogP contribution in [0.5, 0.6) is 0 Å². The molecule has 100 valence electrons. The van der Waals surface area contributed by atoms with Crippen molar-refractivity contribution in [3.8, 4) is 6.07 Å². The summed E-state index contributed by atoms with van der Waals surface area (Å²) in [6, 6.07) is 7.33. The van der Waals surface area contributed by atoms with E-state index in [1.807, 2.05) is 12.1 Å². The molecule has 1 aliphatic heterocycles. The van der Waals surface area contributed by atoms with Gasteiger partial charge >= 0.3 is 0 Å². The van der Waals surface area contributed by atoms with Crippen molar-refractivity contribution in [2.45, 2.75) is 44.2 Å². The summed E-state index contributed by atoms with van der Waals surface area (Å²) in [5.74, 6) is 0. The maximum atomic E-state index is 8.98. The van der Waals surface area contributed by atoms with Crippen LogP contribution in [-0.4, -0.2) is 30.2 Å². The molecular weight excluding hydrogens is 236 g/mol. The molecule has 4 nitrogen and oxygen atoms in total. The zero-order valence-electron chi connectivity index (χ0n) is 11.2. The molecule has 1 aromatic heterocycles. The molecule has 1 aromatic rings. The van der Waals surface area contributed by atoms with E-state index < -0.39 is 0 Å². The van der Waals surface area contributed by atoms with Gasteiger partial charge in [0.2, 0.25) is 0 Å². The monoisotopic (exact) mass is 256 g/mol. The van der Waals surface area contributed by atoms with Crippen molar-refractivity contribution in [3.63, 3.8) is 0 Å². The number of pyridine rings is 1. The van der Waals surface area contributed by atoms with Gasteiger partial charge < -0.3 is 10.2 Å². The van der Waals surface area contributed by atoms with E-state index in [-0.39, 0.29) is 0 Å². The Balaban J connectivity index is 1.74. The molecule has 0 radical (unpaired) electrons. The first kappa shape index (κ1) is 12.4. The Morgan fingerprint density at radius 2 is 2.26 bits per heavy atom. The van der Waals surface area contributed by atoms with E-state index in [1.165, 1.54) is 32.1 Å². The van der Waals surface area contributed by atoms with Crippen molar-refractivity contribution >= 4 is 5.69 Å². The average molecular weight is 256 g/mol. The Hall–Kier alpha value is -1.60. The number of rotatable bonds is 4. The predicted octanol–water partition coefficient (Wildman–Crippen LogP) is 2.06. The Kier molecular flexibility index (Phi) is 3.65. The van der Waals surface area contributed by atoms with E-state index in [0.29, 0.717) is 17.8 Å². The number of piperidine rings is 1. The minimum atomic E-state index is 0.514. The van der Waals surface area contributed by atoms with Gasteiger partial charge in [-0.2, -0.15) is 5.26 Å². The number of hydrogen-bond donors (Lipinski definition) is 1. The summed E-state index contributed by atoms with van der Waals surface area (Å²) in [6.45, 7) is 2.20. The standard InChI is InChI=1S/C15H20N4/c16-10-13-9-15(6-8-18-13)19(14-4-5-14)11-12-3-1-2-7-17-12/h6,8-9,12,14,17H,1-5,7,11H2. The number of nitrogens with zero attached hydrogens (tertiary/aromatic N) is 3. The first-order chi connectivity index (χ1) is 9.36. The summed E-state index contributed by atoms with van der Waals surface area (Å²) < 4.78 is 0. The largest absolute Gasteiger partial charge is 0.367 e. The third kappa shape index (κ3) is 3.05. The quantitative estimate of drug-likeness (QED) is 0.896. The highest BCUT2D eigenvalue weighted by molar-refractivity contribution is 5.51. The summed E-state index contributed by atoms with van der Waals surface area (Å²) in [6.07, 6.45) is 8.19. The van der Waals surface area contributed by atoms with Crippen LogP contribution >= 0.6 is 0 Å². The molecule has 0 aromatic carbocycles. The molecule has 0 amide bonds. The summed E-state index contributed by atoms with van der Waals surface area (Å²) in [7, 11) is 0. The fraction of sp³-hybridized carbons (Fsp3) is 0.600. The van der Waals surface area contributed by atoms with Crippen molar-refractivity contribution in [3.05, 3.63) is 24.0 Å². The maximum Gasteiger partial charge on any atom is 0.142 e. The lowest BCUT2D eigenvalue weighted by Gasteiger charge is -2.32. The number of nitrogens with one attached hydrogen (secondary N) is 1. The highest BCUT2D eigenvalue weighted by atomic mass is 15.2. The number of hydrogen-bond acceptors (Lipinski definition) is 4. The molecule has 2 fully saturated rings. The van der Waals surface area contributed by atoms with Gasteiger partial charge in [0.25, 0.3) is 0 Å². The lowest BCUT2D eigenvalue weighted by Crippen LogP contribution is -2.44. The van der Waals surface area contributed by atoms with Crippen LogP contribution in [0.15, 0.2) is 18.3 Å². The van der Waals surface area contributed by atoms with E-state index in [1.54, 1.807) is 6.20 Å². The van der Waals surface area contributed by atoms with Gasteiger partial charge in [0.15, 0.2) is 0 Å². The molecule has 0 spiro atoms. The number of nitriles is 1. The van der Waals surface area contributed by atoms with Crippen molar-refractivity contribution < 1.29 is 0 Å². The third-order valence-electron chi connectivity index (χ3n) is 4.01. The van der Waals surface area contributed by atoms with Gasteiger partial charge in [-0.1, -0.05) is 6.42 Å². The summed E-state index contributed by atoms with van der Waals surface area (Å²) in [4.78, 5) is 6.53. The lowest BCUT2D eigenvalue weighted by atomic mass is 10.0. The fourth-order valence-electron chi connectivity index (χ4n) is 2.83. The minimum Gasteiger partial charge on any atom is -0.367 e. The highest BCUT2D eigenvalue weighted by Gasteiger charge is 2.31. The number of anilines is 1. The second kappa shape index (κ2) is 5.58. The van der Waals surface area contributed by atoms with Gasteiger partial charge in [-0.05, 0) is 44.4 Å². The first-order valence-electron chi connectivity index (χ1n) is 7.23. The molecule has 1 N–H and O–H groups in total. The van der Waals surface area contributed by atoms with Crippen molar-refractivity contribution in [1.29, 1.82) is 5.26 Å². The lowest BCUT2D eigenvalue weighted by molar-refractivity contribution is 0.398. The topological polar surface area (TPSA) is 52.0 Å². The van der Waals surface area contributed by atoms with Crippen LogP contribution in [0.3, 0.4) is 0 Å². The molecular formula is C15H20N4. The molecule has 4 heteroatoms. The highest BCUT2D eigenvalue weighted by Crippen LogP contribution is 2.32. The molecule has 2 heterocycles. The minimum absolute atomic E-state index is 0.514. The normalized spacial score (nSPS) is 22.8. The van der Waals surface area contributed by atoms with E-state index in [2.05, 4.69) is 21.3 Å².